The van der Waals surface area contributed by atoms with E-state index in [0.717, 1.165) is 12.8 Å². The van der Waals surface area contributed by atoms with Crippen LogP contribution in [0.25, 0.3) is 16.9 Å². The Balaban J connectivity index is 1.46. The molecule has 11 heteroatoms. The van der Waals surface area contributed by atoms with Crippen LogP contribution in [0.5, 0.6) is 0 Å². The first kappa shape index (κ1) is 25.7. The molecule has 0 radical (unpaired) electrons. The standard InChI is InChI=1S/C28H30N4O6S/c1-37-21-8-5-11-31(17-21)27(33)19-6-4-7-20(16-19)32-26-22-9-2-3-10-24(22)39(35,36)18-23(26)25(29-32)28(34)30-12-14-38-15-13-30/h2-4,6-7,9-10,16,21H,5,8,11-15,17-18H2,1H3. The third-order valence-electron chi connectivity index (χ3n) is 7.63. The van der Waals surface area contributed by atoms with Gasteiger partial charge in [-0.3, -0.25) is 9.59 Å². The van der Waals surface area contributed by atoms with Crippen LogP contribution in [0.15, 0.2) is 53.4 Å². The van der Waals surface area contributed by atoms with Crippen molar-refractivity contribution >= 4 is 21.7 Å². The largest absolute Gasteiger partial charge is 0.380 e. The monoisotopic (exact) mass is 550 g/mol. The molecule has 10 nitrogen and oxygen atoms in total. The van der Waals surface area contributed by atoms with Gasteiger partial charge in [0, 0.05) is 50.0 Å². The molecule has 2 aromatic carbocycles. The lowest BCUT2D eigenvalue weighted by Gasteiger charge is -2.32. The number of aromatic nitrogens is 2. The Bertz CT molecular complexity index is 1540. The number of carbonyl (C=O) groups excluding carboxylic acids is 2. The number of likely N-dealkylation sites (tertiary alicyclic amines) is 1. The molecule has 1 atom stereocenters. The topological polar surface area (TPSA) is 111 Å². The average Bonchev–Trinajstić information content (AvgIpc) is 3.35. The fourth-order valence-electron chi connectivity index (χ4n) is 5.61. The van der Waals surface area contributed by atoms with Gasteiger partial charge in [0.1, 0.15) is 0 Å². The molecule has 3 aliphatic rings. The van der Waals surface area contributed by atoms with Crippen LogP contribution in [0.3, 0.4) is 0 Å². The van der Waals surface area contributed by atoms with Crippen molar-refractivity contribution in [3.8, 4) is 16.9 Å². The van der Waals surface area contributed by atoms with E-state index in [0.29, 0.717) is 67.5 Å². The summed E-state index contributed by atoms with van der Waals surface area (Å²) in [5.74, 6) is -0.753. The van der Waals surface area contributed by atoms with E-state index in [1.54, 1.807) is 64.1 Å². The summed E-state index contributed by atoms with van der Waals surface area (Å²) in [4.78, 5) is 30.7. The maximum Gasteiger partial charge on any atom is 0.274 e. The van der Waals surface area contributed by atoms with Crippen molar-refractivity contribution in [2.75, 3.05) is 46.5 Å². The highest BCUT2D eigenvalue weighted by Crippen LogP contribution is 2.41. The fourth-order valence-corrected chi connectivity index (χ4v) is 7.20. The van der Waals surface area contributed by atoms with Gasteiger partial charge in [-0.2, -0.15) is 5.10 Å². The second-order valence-corrected chi connectivity index (χ2v) is 12.0. The molecule has 0 bridgehead atoms. The van der Waals surface area contributed by atoms with Crippen molar-refractivity contribution < 1.29 is 27.5 Å². The SMILES string of the molecule is COC1CCCN(C(=O)c2cccc(-n3nc(C(=O)N4CCOCC4)c4c3-c3ccccc3S(=O)(=O)C4)c2)C1. The molecule has 204 valence electrons. The Kier molecular flexibility index (Phi) is 6.74. The van der Waals surface area contributed by atoms with E-state index in [-0.39, 0.29) is 34.3 Å². The summed E-state index contributed by atoms with van der Waals surface area (Å²) >= 11 is 0. The highest BCUT2D eigenvalue weighted by atomic mass is 32.2. The van der Waals surface area contributed by atoms with E-state index in [9.17, 15) is 18.0 Å². The van der Waals surface area contributed by atoms with E-state index in [4.69, 9.17) is 14.6 Å². The molecule has 1 aromatic heterocycles. The maximum atomic E-state index is 13.6. The molecule has 6 rings (SSSR count). The number of methoxy groups -OCH3 is 1. The summed E-state index contributed by atoms with van der Waals surface area (Å²) in [7, 11) is -2.02. The van der Waals surface area contributed by atoms with Gasteiger partial charge in [0.15, 0.2) is 15.5 Å². The minimum Gasteiger partial charge on any atom is -0.380 e. The predicted octanol–water partition coefficient (Wildman–Crippen LogP) is 2.55. The molecule has 2 amide bonds. The first-order valence-corrected chi connectivity index (χ1v) is 14.8. The zero-order valence-corrected chi connectivity index (χ0v) is 22.5. The molecule has 3 aromatic rings. The Morgan fingerprint density at radius 1 is 1.00 bits per heavy atom. The van der Waals surface area contributed by atoms with Crippen molar-refractivity contribution in [1.29, 1.82) is 0 Å². The van der Waals surface area contributed by atoms with Crippen LogP contribution in [-0.2, 0) is 25.1 Å². The summed E-state index contributed by atoms with van der Waals surface area (Å²) in [6, 6.07) is 13.9. The average molecular weight is 551 g/mol. The maximum absolute atomic E-state index is 13.6. The van der Waals surface area contributed by atoms with E-state index in [1.165, 1.54) is 0 Å². The molecule has 4 heterocycles. The quantitative estimate of drug-likeness (QED) is 0.491. The third-order valence-corrected chi connectivity index (χ3v) is 9.33. The normalized spacial score (nSPS) is 20.3. The molecule has 2 fully saturated rings. The van der Waals surface area contributed by atoms with Gasteiger partial charge in [0.25, 0.3) is 11.8 Å². The van der Waals surface area contributed by atoms with Crippen LogP contribution in [0, 0.1) is 0 Å². The first-order valence-electron chi connectivity index (χ1n) is 13.1. The number of fused-ring (bicyclic) bond motifs is 3. The van der Waals surface area contributed by atoms with Crippen molar-refractivity contribution in [1.82, 2.24) is 19.6 Å². The van der Waals surface area contributed by atoms with E-state index in [2.05, 4.69) is 0 Å². The lowest BCUT2D eigenvalue weighted by Crippen LogP contribution is -2.42. The molecule has 3 aliphatic heterocycles. The van der Waals surface area contributed by atoms with Gasteiger partial charge >= 0.3 is 0 Å². The van der Waals surface area contributed by atoms with Gasteiger partial charge in [-0.05, 0) is 37.1 Å². The number of hydrogen-bond donors (Lipinski definition) is 0. The first-order chi connectivity index (χ1) is 18.9. The van der Waals surface area contributed by atoms with Gasteiger partial charge < -0.3 is 19.3 Å². The Morgan fingerprint density at radius 3 is 2.59 bits per heavy atom. The Labute approximate surface area is 227 Å². The number of morpholine rings is 1. The van der Waals surface area contributed by atoms with Crippen molar-refractivity contribution in [2.45, 2.75) is 29.6 Å². The van der Waals surface area contributed by atoms with Crippen LogP contribution in [0.1, 0.15) is 39.3 Å². The lowest BCUT2D eigenvalue weighted by molar-refractivity contribution is 0.0269. The zero-order valence-electron chi connectivity index (χ0n) is 21.7. The van der Waals surface area contributed by atoms with Gasteiger partial charge in [-0.1, -0.05) is 24.3 Å². The number of ether oxygens (including phenoxy) is 2. The lowest BCUT2D eigenvalue weighted by atomic mass is 10.0. The van der Waals surface area contributed by atoms with Crippen molar-refractivity contribution in [3.05, 3.63) is 65.4 Å². The molecule has 2 saturated heterocycles. The molecular weight excluding hydrogens is 520 g/mol. The van der Waals surface area contributed by atoms with Crippen LogP contribution in [0.2, 0.25) is 0 Å². The molecule has 0 N–H and O–H groups in total. The van der Waals surface area contributed by atoms with Gasteiger partial charge in [-0.15, -0.1) is 0 Å². The molecule has 0 spiro atoms. The summed E-state index contributed by atoms with van der Waals surface area (Å²) < 4.78 is 39.0. The van der Waals surface area contributed by atoms with E-state index in [1.807, 2.05) is 6.07 Å². The number of carbonyl (C=O) groups is 2. The number of nitrogens with zero attached hydrogens (tertiary/aromatic N) is 4. The van der Waals surface area contributed by atoms with Crippen molar-refractivity contribution in [2.24, 2.45) is 0 Å². The van der Waals surface area contributed by atoms with Gasteiger partial charge in [0.2, 0.25) is 0 Å². The minimum atomic E-state index is -3.68. The molecule has 39 heavy (non-hydrogen) atoms. The fraction of sp³-hybridized carbons (Fsp3) is 0.393. The number of piperidine rings is 1. The number of benzene rings is 2. The number of sulfone groups is 1. The summed E-state index contributed by atoms with van der Waals surface area (Å²) in [6.45, 7) is 2.84. The molecule has 0 aliphatic carbocycles. The minimum absolute atomic E-state index is 0.0104. The second-order valence-electron chi connectivity index (χ2n) is 10.0. The molecular formula is C28H30N4O6S. The third kappa shape index (κ3) is 4.64. The van der Waals surface area contributed by atoms with Crippen LogP contribution in [-0.4, -0.2) is 92.4 Å². The number of amides is 2. The van der Waals surface area contributed by atoms with Crippen LogP contribution < -0.4 is 0 Å². The number of rotatable bonds is 4. The smallest absolute Gasteiger partial charge is 0.274 e. The Hall–Kier alpha value is -3.54. The highest BCUT2D eigenvalue weighted by Gasteiger charge is 2.37. The predicted molar refractivity (Wildman–Crippen MR) is 143 cm³/mol. The Morgan fingerprint density at radius 2 is 1.79 bits per heavy atom. The highest BCUT2D eigenvalue weighted by molar-refractivity contribution is 7.90. The van der Waals surface area contributed by atoms with E-state index < -0.39 is 9.84 Å². The molecule has 0 saturated carbocycles. The second kappa shape index (κ2) is 10.2. The number of hydrogen-bond acceptors (Lipinski definition) is 7. The van der Waals surface area contributed by atoms with Crippen molar-refractivity contribution in [3.63, 3.8) is 0 Å². The van der Waals surface area contributed by atoms with Gasteiger partial charge in [0.05, 0.1) is 41.3 Å². The summed E-state index contributed by atoms with van der Waals surface area (Å²) in [5, 5.41) is 4.72. The molecule has 1 unspecified atom stereocenters. The van der Waals surface area contributed by atoms with Crippen LogP contribution in [0.4, 0.5) is 0 Å². The van der Waals surface area contributed by atoms with E-state index >= 15 is 0 Å². The van der Waals surface area contributed by atoms with Crippen LogP contribution >= 0.6 is 0 Å². The zero-order chi connectivity index (χ0) is 27.1. The van der Waals surface area contributed by atoms with Gasteiger partial charge in [-0.25, -0.2) is 13.1 Å². The summed E-state index contributed by atoms with van der Waals surface area (Å²) in [5.41, 5.74) is 2.60. The summed E-state index contributed by atoms with van der Waals surface area (Å²) in [6.07, 6.45) is 1.80.